The number of phenolic OH excluding ortho intramolecular Hbond substituents is 1. The molecule has 0 radical (unpaired) electrons. The molecular formula is C61H59N3O. The summed E-state index contributed by atoms with van der Waals surface area (Å²) in [5.41, 5.74) is 15.5. The van der Waals surface area contributed by atoms with E-state index in [1.807, 2.05) is 59.3 Å². The number of hydrogen-bond acceptors (Lipinski definition) is 3. The van der Waals surface area contributed by atoms with Gasteiger partial charge in [-0.25, -0.2) is 4.98 Å². The highest BCUT2D eigenvalue weighted by Crippen LogP contribution is 2.42. The number of para-hydroxylation sites is 2. The van der Waals surface area contributed by atoms with Gasteiger partial charge in [-0.15, -0.1) is 0 Å². The molecule has 0 fully saturated rings. The standard InChI is InChI=1S/C61H59N3O/c1-39-31-43(45-33-49(60(5,6)7)38-50(34-45)61(8,9)10)27-28-54(39)64-55-21-16-20-51(57(55)63-58(64)52-19-14-15-22-56(52)65)46-32-47(36-48(35-46)59(2,3)4)53-37-44(29-30-62-53)42-25-23-41(24-26-42)40-17-12-11-13-18-40/h11-38,65H,1-10H3/i1D3. The lowest BCUT2D eigenvalue weighted by Gasteiger charge is -2.26. The Morgan fingerprint density at radius 3 is 1.68 bits per heavy atom. The number of benzene rings is 7. The molecule has 0 atom stereocenters. The van der Waals surface area contributed by atoms with Crippen molar-refractivity contribution in [2.24, 2.45) is 0 Å². The van der Waals surface area contributed by atoms with Gasteiger partial charge in [0.05, 0.1) is 28.0 Å². The number of hydrogen-bond donors (Lipinski definition) is 1. The molecular weight excluding hydrogens is 791 g/mol. The van der Waals surface area contributed by atoms with Gasteiger partial charge in [-0.05, 0) is 139 Å². The van der Waals surface area contributed by atoms with Gasteiger partial charge in [0.25, 0.3) is 0 Å². The molecule has 0 unspecified atom stereocenters. The van der Waals surface area contributed by atoms with E-state index in [2.05, 4.69) is 165 Å². The van der Waals surface area contributed by atoms with E-state index in [9.17, 15) is 5.11 Å². The Kier molecular flexibility index (Phi) is 10.0. The first kappa shape index (κ1) is 39.5. The van der Waals surface area contributed by atoms with Gasteiger partial charge in [0.15, 0.2) is 0 Å². The minimum Gasteiger partial charge on any atom is -0.507 e. The smallest absolute Gasteiger partial charge is 0.149 e. The Bertz CT molecular complexity index is 3290. The van der Waals surface area contributed by atoms with Gasteiger partial charge in [0.2, 0.25) is 0 Å². The third kappa shape index (κ3) is 8.66. The Labute approximate surface area is 389 Å². The van der Waals surface area contributed by atoms with E-state index in [1.165, 1.54) is 16.7 Å². The number of fused-ring (bicyclic) bond motifs is 1. The van der Waals surface area contributed by atoms with Crippen LogP contribution in [0.5, 0.6) is 5.75 Å². The lowest BCUT2D eigenvalue weighted by Crippen LogP contribution is -2.16. The second-order valence-corrected chi connectivity index (χ2v) is 20.4. The summed E-state index contributed by atoms with van der Waals surface area (Å²) < 4.78 is 28.9. The highest BCUT2D eigenvalue weighted by molar-refractivity contribution is 5.97. The maximum absolute atomic E-state index is 11.4. The molecule has 0 saturated carbocycles. The molecule has 0 aliphatic rings. The van der Waals surface area contributed by atoms with Crippen LogP contribution < -0.4 is 0 Å². The second-order valence-electron chi connectivity index (χ2n) is 20.4. The van der Waals surface area contributed by atoms with Crippen LogP contribution >= 0.6 is 0 Å². The summed E-state index contributed by atoms with van der Waals surface area (Å²) in [6.07, 6.45) is 1.87. The average molecular weight is 853 g/mol. The van der Waals surface area contributed by atoms with Crippen molar-refractivity contribution in [1.29, 1.82) is 0 Å². The summed E-state index contributed by atoms with van der Waals surface area (Å²) in [5.74, 6) is 0.484. The third-order valence-corrected chi connectivity index (χ3v) is 12.6. The lowest BCUT2D eigenvalue weighted by atomic mass is 9.79. The topological polar surface area (TPSA) is 50.9 Å². The van der Waals surface area contributed by atoms with Gasteiger partial charge < -0.3 is 5.11 Å². The molecule has 0 bridgehead atoms. The molecule has 4 heteroatoms. The number of imidazole rings is 1. The third-order valence-electron chi connectivity index (χ3n) is 12.6. The average Bonchev–Trinajstić information content (AvgIpc) is 3.70. The van der Waals surface area contributed by atoms with Crippen molar-refractivity contribution in [3.63, 3.8) is 0 Å². The molecule has 0 saturated heterocycles. The van der Waals surface area contributed by atoms with E-state index >= 15 is 0 Å². The molecule has 9 rings (SSSR count). The van der Waals surface area contributed by atoms with Gasteiger partial charge in [-0.3, -0.25) is 9.55 Å². The minimum absolute atomic E-state index is 0.0454. The van der Waals surface area contributed by atoms with Crippen LogP contribution in [0.25, 0.3) is 83.9 Å². The molecule has 9 aromatic rings. The van der Waals surface area contributed by atoms with E-state index in [0.29, 0.717) is 28.1 Å². The first-order valence-corrected chi connectivity index (χ1v) is 22.5. The van der Waals surface area contributed by atoms with Crippen molar-refractivity contribution in [1.82, 2.24) is 14.5 Å². The van der Waals surface area contributed by atoms with Crippen molar-refractivity contribution in [3.8, 4) is 78.6 Å². The number of phenols is 1. The number of aryl methyl sites for hydroxylation is 1. The predicted molar refractivity (Wildman–Crippen MR) is 274 cm³/mol. The van der Waals surface area contributed by atoms with Crippen LogP contribution in [0.3, 0.4) is 0 Å². The van der Waals surface area contributed by atoms with E-state index in [-0.39, 0.29) is 27.6 Å². The maximum atomic E-state index is 11.4. The SMILES string of the molecule is [2H]C([2H])([2H])c1cc(-c2cc(C(C)(C)C)cc(C(C)(C)C)c2)ccc1-n1c(-c2ccccc2O)nc2c(-c3cc(-c4cc(-c5ccc(-c6ccccc6)cc5)ccn4)cc(C(C)(C)C)c3)cccc21. The summed E-state index contributed by atoms with van der Waals surface area (Å²) in [4.78, 5) is 10.3. The van der Waals surface area contributed by atoms with Gasteiger partial charge >= 0.3 is 0 Å². The van der Waals surface area contributed by atoms with Crippen LogP contribution in [0.4, 0.5) is 0 Å². The first-order chi connectivity index (χ1) is 32.1. The van der Waals surface area contributed by atoms with Crippen molar-refractivity contribution in [2.45, 2.75) is 85.4 Å². The number of rotatable bonds is 7. The largest absolute Gasteiger partial charge is 0.507 e. The molecule has 65 heavy (non-hydrogen) atoms. The number of nitrogens with zero attached hydrogens (tertiary/aromatic N) is 3. The van der Waals surface area contributed by atoms with Gasteiger partial charge in [0, 0.05) is 21.4 Å². The zero-order chi connectivity index (χ0) is 48.3. The second kappa shape index (κ2) is 16.5. The molecule has 0 amide bonds. The Balaban J connectivity index is 1.22. The van der Waals surface area contributed by atoms with Crippen LogP contribution in [0, 0.1) is 6.85 Å². The number of aromatic nitrogens is 3. The van der Waals surface area contributed by atoms with Crippen molar-refractivity contribution >= 4 is 11.0 Å². The molecule has 324 valence electrons. The van der Waals surface area contributed by atoms with E-state index in [4.69, 9.17) is 14.1 Å². The van der Waals surface area contributed by atoms with Crippen LogP contribution in [0.1, 0.15) is 88.7 Å². The van der Waals surface area contributed by atoms with E-state index in [1.54, 1.807) is 12.1 Å². The Morgan fingerprint density at radius 1 is 0.462 bits per heavy atom. The minimum atomic E-state index is -2.49. The van der Waals surface area contributed by atoms with Crippen molar-refractivity contribution in [3.05, 3.63) is 192 Å². The fourth-order valence-electron chi connectivity index (χ4n) is 8.61. The predicted octanol–water partition coefficient (Wildman–Crippen LogP) is 16.3. The van der Waals surface area contributed by atoms with Gasteiger partial charge in [-0.2, -0.15) is 0 Å². The maximum Gasteiger partial charge on any atom is 0.149 e. The van der Waals surface area contributed by atoms with Crippen LogP contribution in [-0.2, 0) is 16.2 Å². The lowest BCUT2D eigenvalue weighted by molar-refractivity contribution is 0.477. The normalized spacial score (nSPS) is 13.1. The summed E-state index contributed by atoms with van der Waals surface area (Å²) in [7, 11) is 0. The Hall–Kier alpha value is -7.04. The molecule has 2 heterocycles. The van der Waals surface area contributed by atoms with Gasteiger partial charge in [-0.1, -0.05) is 172 Å². The molecule has 2 aromatic heterocycles. The van der Waals surface area contributed by atoms with Crippen molar-refractivity contribution < 1.29 is 9.22 Å². The van der Waals surface area contributed by atoms with Gasteiger partial charge in [0.1, 0.15) is 11.6 Å². The summed E-state index contributed by atoms with van der Waals surface area (Å²) in [6, 6.07) is 55.4. The highest BCUT2D eigenvalue weighted by Gasteiger charge is 2.25. The molecule has 4 nitrogen and oxygen atoms in total. The summed E-state index contributed by atoms with van der Waals surface area (Å²) in [6.45, 7) is 17.4. The quantitative estimate of drug-likeness (QED) is 0.174. The van der Waals surface area contributed by atoms with Crippen LogP contribution in [-0.4, -0.2) is 19.6 Å². The molecule has 0 aliphatic carbocycles. The zero-order valence-corrected chi connectivity index (χ0v) is 39.0. The molecule has 0 aliphatic heterocycles. The van der Waals surface area contributed by atoms with Crippen LogP contribution in [0.2, 0.25) is 0 Å². The monoisotopic (exact) mass is 852 g/mol. The summed E-state index contributed by atoms with van der Waals surface area (Å²) >= 11 is 0. The molecule has 1 N–H and O–H groups in total. The molecule has 7 aromatic carbocycles. The van der Waals surface area contributed by atoms with E-state index < -0.39 is 6.85 Å². The number of pyridine rings is 1. The Morgan fingerprint density at radius 2 is 1.02 bits per heavy atom. The summed E-state index contributed by atoms with van der Waals surface area (Å²) in [5, 5.41) is 11.4. The number of aromatic hydroxyl groups is 1. The highest BCUT2D eigenvalue weighted by atomic mass is 16.3. The van der Waals surface area contributed by atoms with Crippen molar-refractivity contribution in [2.75, 3.05) is 0 Å². The zero-order valence-electron chi connectivity index (χ0n) is 42.0. The first-order valence-electron chi connectivity index (χ1n) is 24.0. The molecule has 0 spiro atoms. The van der Waals surface area contributed by atoms with E-state index in [0.717, 1.165) is 55.8 Å². The van der Waals surface area contributed by atoms with Crippen LogP contribution in [0.15, 0.2) is 170 Å². The fraction of sp³-hybridized carbons (Fsp3) is 0.213. The fourth-order valence-corrected chi connectivity index (χ4v) is 8.61.